The molecule has 1 saturated heterocycles. The van der Waals surface area contributed by atoms with Crippen LogP contribution in [0.5, 0.6) is 0 Å². The zero-order chi connectivity index (χ0) is 19.4. The van der Waals surface area contributed by atoms with Crippen LogP contribution >= 0.6 is 11.6 Å². The maximum Gasteiger partial charge on any atom is 0.0763 e. The molecule has 2 nitrogen and oxygen atoms in total. The highest BCUT2D eigenvalue weighted by molar-refractivity contribution is 6.30. The normalized spacial score (nSPS) is 23.1. The van der Waals surface area contributed by atoms with Crippen LogP contribution in [0.2, 0.25) is 5.02 Å². The summed E-state index contributed by atoms with van der Waals surface area (Å²) >= 11 is 6.08. The van der Waals surface area contributed by atoms with Gasteiger partial charge in [0.05, 0.1) is 6.10 Å². The Morgan fingerprint density at radius 1 is 1.04 bits per heavy atom. The van der Waals surface area contributed by atoms with Gasteiger partial charge in [-0.05, 0) is 74.2 Å². The molecule has 2 atom stereocenters. The first-order chi connectivity index (χ1) is 13.7. The summed E-state index contributed by atoms with van der Waals surface area (Å²) in [7, 11) is 0. The number of benzene rings is 2. The van der Waals surface area contributed by atoms with Gasteiger partial charge in [-0.25, -0.2) is 0 Å². The first-order valence-electron chi connectivity index (χ1n) is 10.9. The molecule has 150 valence electrons. The van der Waals surface area contributed by atoms with Gasteiger partial charge in [-0.3, -0.25) is 0 Å². The lowest BCUT2D eigenvalue weighted by atomic mass is 9.61. The molecule has 3 heteroatoms. The van der Waals surface area contributed by atoms with E-state index in [4.69, 9.17) is 11.6 Å². The Kier molecular flexibility index (Phi) is 6.40. The van der Waals surface area contributed by atoms with Crippen molar-refractivity contribution in [2.45, 2.75) is 56.5 Å². The lowest BCUT2D eigenvalue weighted by Crippen LogP contribution is -2.52. The average molecular weight is 398 g/mol. The number of likely N-dealkylation sites (tertiary alicyclic amines) is 1. The van der Waals surface area contributed by atoms with E-state index in [2.05, 4.69) is 47.4 Å². The van der Waals surface area contributed by atoms with Gasteiger partial charge in [0.2, 0.25) is 0 Å². The number of nitrogens with zero attached hydrogens (tertiary/aromatic N) is 1. The summed E-state index contributed by atoms with van der Waals surface area (Å²) in [4.78, 5) is 2.51. The van der Waals surface area contributed by atoms with E-state index in [0.717, 1.165) is 49.8 Å². The molecule has 4 rings (SSSR count). The summed E-state index contributed by atoms with van der Waals surface area (Å²) in [5.41, 5.74) is 2.63. The fourth-order valence-electron chi connectivity index (χ4n) is 5.14. The quantitative estimate of drug-likeness (QED) is 0.669. The van der Waals surface area contributed by atoms with E-state index in [1.807, 2.05) is 12.1 Å². The Bertz CT molecular complexity index is 741. The molecule has 1 aliphatic carbocycles. The van der Waals surface area contributed by atoms with E-state index in [-0.39, 0.29) is 11.5 Å². The van der Waals surface area contributed by atoms with Crippen molar-refractivity contribution in [2.75, 3.05) is 19.6 Å². The monoisotopic (exact) mass is 397 g/mol. The van der Waals surface area contributed by atoms with E-state index in [0.29, 0.717) is 0 Å². The molecule has 0 spiro atoms. The molecule has 1 saturated carbocycles. The molecular formula is C25H32ClNO. The van der Waals surface area contributed by atoms with E-state index in [9.17, 15) is 5.11 Å². The van der Waals surface area contributed by atoms with Gasteiger partial charge in [0.1, 0.15) is 0 Å². The zero-order valence-electron chi connectivity index (χ0n) is 16.7. The average Bonchev–Trinajstić information content (AvgIpc) is 2.68. The number of rotatable bonds is 7. The number of aliphatic hydroxyl groups excluding tert-OH is 1. The van der Waals surface area contributed by atoms with Crippen molar-refractivity contribution < 1.29 is 5.11 Å². The van der Waals surface area contributed by atoms with Crippen molar-refractivity contribution in [1.29, 1.82) is 0 Å². The molecule has 1 heterocycles. The molecule has 0 amide bonds. The van der Waals surface area contributed by atoms with Crippen LogP contribution in [-0.2, 0) is 11.8 Å². The second-order valence-electron chi connectivity index (χ2n) is 8.82. The van der Waals surface area contributed by atoms with Crippen molar-refractivity contribution in [3.05, 3.63) is 70.7 Å². The maximum absolute atomic E-state index is 11.2. The first-order valence-corrected chi connectivity index (χ1v) is 11.2. The van der Waals surface area contributed by atoms with Crippen LogP contribution in [0.1, 0.15) is 49.7 Å². The standard InChI is InChI=1S/C25H32ClNO/c26-23-13-11-22(12-14-23)25(15-5-16-25)24(28)19-27-17-4-8-21(18-27)10-9-20-6-2-1-3-7-20/h1-3,6-7,11-14,21,24,28H,4-5,8-10,15-19H2/t21?,24-/m1/s1. The minimum absolute atomic E-state index is 0.0679. The highest BCUT2D eigenvalue weighted by Crippen LogP contribution is 2.47. The fourth-order valence-corrected chi connectivity index (χ4v) is 5.27. The predicted molar refractivity (Wildman–Crippen MR) is 117 cm³/mol. The van der Waals surface area contributed by atoms with Crippen LogP contribution in [0, 0.1) is 5.92 Å². The molecule has 1 unspecified atom stereocenters. The maximum atomic E-state index is 11.2. The molecule has 0 radical (unpaired) electrons. The van der Waals surface area contributed by atoms with E-state index < -0.39 is 0 Å². The molecule has 2 aliphatic rings. The van der Waals surface area contributed by atoms with Gasteiger partial charge in [-0.15, -0.1) is 0 Å². The summed E-state index contributed by atoms with van der Waals surface area (Å²) in [5, 5.41) is 12.0. The molecule has 2 aromatic carbocycles. The van der Waals surface area contributed by atoms with Crippen LogP contribution in [-0.4, -0.2) is 35.7 Å². The fraction of sp³-hybridized carbons (Fsp3) is 0.520. The van der Waals surface area contributed by atoms with Gasteiger partial charge >= 0.3 is 0 Å². The molecule has 28 heavy (non-hydrogen) atoms. The molecule has 2 aromatic rings. The molecule has 1 N–H and O–H groups in total. The number of aliphatic hydroxyl groups is 1. The van der Waals surface area contributed by atoms with E-state index in [1.165, 1.54) is 36.8 Å². The smallest absolute Gasteiger partial charge is 0.0763 e. The Morgan fingerprint density at radius 2 is 1.79 bits per heavy atom. The highest BCUT2D eigenvalue weighted by atomic mass is 35.5. The molecular weight excluding hydrogens is 366 g/mol. The SMILES string of the molecule is O[C@H](CN1CCCC(CCc2ccccc2)C1)C1(c2ccc(Cl)cc2)CCC1. The molecule has 0 bridgehead atoms. The lowest BCUT2D eigenvalue weighted by molar-refractivity contribution is -0.00655. The van der Waals surface area contributed by atoms with Gasteiger partial charge in [0.25, 0.3) is 0 Å². The van der Waals surface area contributed by atoms with Gasteiger partial charge in [0.15, 0.2) is 0 Å². The van der Waals surface area contributed by atoms with Gasteiger partial charge < -0.3 is 10.0 Å². The summed E-state index contributed by atoms with van der Waals surface area (Å²) in [6.45, 7) is 3.04. The summed E-state index contributed by atoms with van der Waals surface area (Å²) in [6, 6.07) is 19.0. The second-order valence-corrected chi connectivity index (χ2v) is 9.26. The summed E-state index contributed by atoms with van der Waals surface area (Å²) < 4.78 is 0. The first kappa shape index (κ1) is 19.9. The Hall–Kier alpha value is -1.35. The van der Waals surface area contributed by atoms with Crippen molar-refractivity contribution >= 4 is 11.6 Å². The highest BCUT2D eigenvalue weighted by Gasteiger charge is 2.45. The number of piperidine rings is 1. The molecule has 1 aliphatic heterocycles. The van der Waals surface area contributed by atoms with E-state index >= 15 is 0 Å². The topological polar surface area (TPSA) is 23.5 Å². The number of β-amino-alcohol motifs (C(OH)–C–C–N with tert-alkyl or cyclic N) is 1. The minimum Gasteiger partial charge on any atom is -0.391 e. The molecule has 0 aromatic heterocycles. The number of halogens is 1. The largest absolute Gasteiger partial charge is 0.391 e. The van der Waals surface area contributed by atoms with Crippen LogP contribution in [0.4, 0.5) is 0 Å². The van der Waals surface area contributed by atoms with Crippen LogP contribution in [0.15, 0.2) is 54.6 Å². The van der Waals surface area contributed by atoms with Gasteiger partial charge in [-0.2, -0.15) is 0 Å². The lowest BCUT2D eigenvalue weighted by Gasteiger charge is -2.48. The van der Waals surface area contributed by atoms with Crippen molar-refractivity contribution in [2.24, 2.45) is 5.92 Å². The summed E-state index contributed by atoms with van der Waals surface area (Å²) in [5.74, 6) is 0.744. The zero-order valence-corrected chi connectivity index (χ0v) is 17.5. The van der Waals surface area contributed by atoms with Crippen molar-refractivity contribution in [3.8, 4) is 0 Å². The Labute approximate surface area is 174 Å². The molecule has 2 fully saturated rings. The van der Waals surface area contributed by atoms with Gasteiger partial charge in [-0.1, -0.05) is 60.5 Å². The van der Waals surface area contributed by atoms with Crippen molar-refractivity contribution in [3.63, 3.8) is 0 Å². The number of aryl methyl sites for hydroxylation is 1. The number of hydrogen-bond acceptors (Lipinski definition) is 2. The van der Waals surface area contributed by atoms with E-state index in [1.54, 1.807) is 0 Å². The van der Waals surface area contributed by atoms with Crippen molar-refractivity contribution in [1.82, 2.24) is 4.90 Å². The third-order valence-corrected chi connectivity index (χ3v) is 7.27. The predicted octanol–water partition coefficient (Wildman–Crippen LogP) is 5.47. The minimum atomic E-state index is -0.296. The third-order valence-electron chi connectivity index (χ3n) is 7.02. The second kappa shape index (κ2) is 8.98. The Balaban J connectivity index is 1.34. The van der Waals surface area contributed by atoms with Crippen LogP contribution in [0.25, 0.3) is 0 Å². The third kappa shape index (κ3) is 4.45. The Morgan fingerprint density at radius 3 is 2.46 bits per heavy atom. The summed E-state index contributed by atoms with van der Waals surface area (Å²) in [6.07, 6.45) is 8.06. The number of hydrogen-bond donors (Lipinski definition) is 1. The van der Waals surface area contributed by atoms with Crippen LogP contribution < -0.4 is 0 Å². The van der Waals surface area contributed by atoms with Gasteiger partial charge in [0, 0.05) is 23.5 Å². The van der Waals surface area contributed by atoms with Crippen LogP contribution in [0.3, 0.4) is 0 Å².